The van der Waals surface area contributed by atoms with Crippen LogP contribution in [0.25, 0.3) is 6.08 Å². The van der Waals surface area contributed by atoms with Crippen molar-refractivity contribution >= 4 is 35.5 Å². The molecule has 1 aromatic heterocycles. The first-order valence-electron chi connectivity index (χ1n) is 8.09. The van der Waals surface area contributed by atoms with E-state index in [0.29, 0.717) is 20.2 Å². The van der Waals surface area contributed by atoms with Crippen LogP contribution in [0.1, 0.15) is 20.8 Å². The van der Waals surface area contributed by atoms with Crippen LogP contribution in [0, 0.1) is 10.9 Å². The summed E-state index contributed by atoms with van der Waals surface area (Å²) < 4.78 is 1.51. The van der Waals surface area contributed by atoms with Gasteiger partial charge in [0.2, 0.25) is 5.88 Å². The van der Waals surface area contributed by atoms with E-state index in [1.54, 1.807) is 18.2 Å². The number of hydrogen-bond acceptors (Lipinski definition) is 6. The third-order valence-electron chi connectivity index (χ3n) is 4.03. The molecular weight excluding hydrogens is 380 g/mol. The van der Waals surface area contributed by atoms with Crippen molar-refractivity contribution in [2.24, 2.45) is 9.98 Å². The van der Waals surface area contributed by atoms with Crippen molar-refractivity contribution in [3.8, 4) is 5.88 Å². The molecule has 134 valence electrons. The van der Waals surface area contributed by atoms with Gasteiger partial charge in [0.25, 0.3) is 5.91 Å². The zero-order chi connectivity index (χ0) is 19.0. The van der Waals surface area contributed by atoms with Crippen LogP contribution in [0.2, 0.25) is 0 Å². The molecule has 1 amide bonds. The Bertz CT molecular complexity index is 1230. The maximum atomic E-state index is 12.5. The number of benzene rings is 2. The molecule has 8 heteroatoms. The van der Waals surface area contributed by atoms with E-state index in [9.17, 15) is 9.90 Å². The maximum Gasteiger partial charge on any atom is 0.270 e. The number of thiazole rings is 1. The van der Waals surface area contributed by atoms with Gasteiger partial charge in [-0.3, -0.25) is 10.2 Å². The predicted molar refractivity (Wildman–Crippen MR) is 106 cm³/mol. The van der Waals surface area contributed by atoms with Gasteiger partial charge < -0.3 is 5.11 Å². The zero-order valence-electron chi connectivity index (χ0n) is 14.2. The topological polar surface area (TPSA) is 79.0 Å². The Morgan fingerprint density at radius 3 is 2.44 bits per heavy atom. The molecule has 2 N–H and O–H groups in total. The number of carbonyl (C=O) groups excluding carboxylic acids is 1. The quantitative estimate of drug-likeness (QED) is 0.671. The van der Waals surface area contributed by atoms with Crippen molar-refractivity contribution < 1.29 is 9.90 Å². The number of para-hydroxylation sites is 2. The lowest BCUT2D eigenvalue weighted by molar-refractivity contribution is 0.100. The van der Waals surface area contributed by atoms with E-state index in [1.165, 1.54) is 4.68 Å². The number of aryl methyl sites for hydroxylation is 1. The van der Waals surface area contributed by atoms with Crippen LogP contribution >= 0.6 is 23.6 Å². The minimum Gasteiger partial charge on any atom is -0.492 e. The number of amides is 1. The Morgan fingerprint density at radius 1 is 1.15 bits per heavy atom. The molecule has 0 radical (unpaired) electrons. The van der Waals surface area contributed by atoms with Crippen molar-refractivity contribution in [2.45, 2.75) is 6.92 Å². The summed E-state index contributed by atoms with van der Waals surface area (Å²) in [6.07, 6.45) is 1.65. The molecular formula is C19H14N4O2S2. The van der Waals surface area contributed by atoms with Crippen LogP contribution in [-0.2, 0) is 0 Å². The van der Waals surface area contributed by atoms with Crippen LogP contribution in [0.5, 0.6) is 5.88 Å². The first-order valence-corrected chi connectivity index (χ1v) is 9.31. The SMILES string of the molecule is Cc1ccccc1C(=O)Nn1c(O)c(C=C2N=c3ccccc3=N2)sc1=S. The van der Waals surface area contributed by atoms with Gasteiger partial charge >= 0.3 is 0 Å². The minimum atomic E-state index is -0.348. The van der Waals surface area contributed by atoms with Gasteiger partial charge in [0.1, 0.15) is 0 Å². The summed E-state index contributed by atoms with van der Waals surface area (Å²) in [5, 5.41) is 12.1. The van der Waals surface area contributed by atoms with E-state index in [-0.39, 0.29) is 11.8 Å². The molecule has 2 heterocycles. The molecule has 1 aliphatic rings. The van der Waals surface area contributed by atoms with Crippen LogP contribution in [0.4, 0.5) is 0 Å². The standard InChI is InChI=1S/C19H14N4O2S2/c1-11-6-2-3-7-12(11)17(24)22-23-18(25)15(27-19(23)26)10-16-20-13-8-4-5-9-14(13)21-16/h2-10,25H,1H3,(H,22,24). The van der Waals surface area contributed by atoms with Crippen molar-refractivity contribution in [3.05, 3.63) is 85.0 Å². The fourth-order valence-corrected chi connectivity index (χ4v) is 3.83. The Balaban J connectivity index is 1.66. The fraction of sp³-hybridized carbons (Fsp3) is 0.0526. The average molecular weight is 394 g/mol. The van der Waals surface area contributed by atoms with Gasteiger partial charge in [-0.05, 0) is 42.9 Å². The molecule has 2 aromatic carbocycles. The van der Waals surface area contributed by atoms with Crippen LogP contribution in [0.3, 0.4) is 0 Å². The fourth-order valence-electron chi connectivity index (χ4n) is 2.67. The van der Waals surface area contributed by atoms with Gasteiger partial charge in [0, 0.05) is 11.6 Å². The molecule has 6 nitrogen and oxygen atoms in total. The second-order valence-electron chi connectivity index (χ2n) is 5.86. The molecule has 0 unspecified atom stereocenters. The lowest BCUT2D eigenvalue weighted by atomic mass is 10.1. The Hall–Kier alpha value is -3.10. The number of aromatic hydroxyl groups is 1. The van der Waals surface area contributed by atoms with E-state index in [1.807, 2.05) is 43.3 Å². The van der Waals surface area contributed by atoms with E-state index in [0.717, 1.165) is 27.6 Å². The Labute approximate surface area is 163 Å². The van der Waals surface area contributed by atoms with E-state index in [4.69, 9.17) is 12.2 Å². The molecule has 0 saturated carbocycles. The molecule has 0 aliphatic carbocycles. The lowest BCUT2D eigenvalue weighted by Crippen LogP contribution is -2.23. The first kappa shape index (κ1) is 17.3. The summed E-state index contributed by atoms with van der Waals surface area (Å²) in [5.74, 6) is -0.0277. The molecule has 0 bridgehead atoms. The van der Waals surface area contributed by atoms with Gasteiger partial charge in [-0.2, -0.15) is 4.68 Å². The van der Waals surface area contributed by atoms with E-state index >= 15 is 0 Å². The highest BCUT2D eigenvalue weighted by Gasteiger charge is 2.16. The summed E-state index contributed by atoms with van der Waals surface area (Å²) >= 11 is 6.45. The molecule has 0 atom stereocenters. The second kappa shape index (κ2) is 6.90. The zero-order valence-corrected chi connectivity index (χ0v) is 15.8. The van der Waals surface area contributed by atoms with Crippen LogP contribution in [-0.4, -0.2) is 15.7 Å². The summed E-state index contributed by atoms with van der Waals surface area (Å²) in [5.41, 5.74) is 3.99. The number of aromatic nitrogens is 1. The summed E-state index contributed by atoms with van der Waals surface area (Å²) in [7, 11) is 0. The number of fused-ring (bicyclic) bond motifs is 1. The highest BCUT2D eigenvalue weighted by Crippen LogP contribution is 2.28. The van der Waals surface area contributed by atoms with Gasteiger partial charge in [-0.15, -0.1) is 0 Å². The van der Waals surface area contributed by atoms with Gasteiger partial charge in [0.05, 0.1) is 15.6 Å². The van der Waals surface area contributed by atoms with Crippen molar-refractivity contribution in [3.63, 3.8) is 0 Å². The Kier molecular flexibility index (Phi) is 4.43. The van der Waals surface area contributed by atoms with Gasteiger partial charge in [0.15, 0.2) is 9.78 Å². The van der Waals surface area contributed by atoms with Crippen LogP contribution in [0.15, 0.2) is 64.3 Å². The largest absolute Gasteiger partial charge is 0.492 e. The van der Waals surface area contributed by atoms with Crippen LogP contribution < -0.4 is 16.1 Å². The maximum absolute atomic E-state index is 12.5. The molecule has 4 rings (SSSR count). The Morgan fingerprint density at radius 2 is 1.78 bits per heavy atom. The number of nitrogens with zero attached hydrogens (tertiary/aromatic N) is 3. The molecule has 1 aliphatic heterocycles. The first-order chi connectivity index (χ1) is 13.0. The highest BCUT2D eigenvalue weighted by molar-refractivity contribution is 7.73. The number of carbonyl (C=O) groups is 1. The van der Waals surface area contributed by atoms with Crippen molar-refractivity contribution in [1.29, 1.82) is 0 Å². The molecule has 0 saturated heterocycles. The average Bonchev–Trinajstić information content (AvgIpc) is 3.17. The number of hydrogen-bond donors (Lipinski definition) is 2. The number of nitrogens with one attached hydrogen (secondary N) is 1. The normalized spacial score (nSPS) is 12.1. The summed E-state index contributed by atoms with van der Waals surface area (Å²) in [4.78, 5) is 21.8. The minimum absolute atomic E-state index is 0.152. The third kappa shape index (κ3) is 3.32. The second-order valence-corrected chi connectivity index (χ2v) is 7.54. The molecule has 27 heavy (non-hydrogen) atoms. The molecule has 3 aromatic rings. The summed E-state index contributed by atoms with van der Waals surface area (Å²) in [6.45, 7) is 1.85. The van der Waals surface area contributed by atoms with Crippen molar-refractivity contribution in [2.75, 3.05) is 5.43 Å². The lowest BCUT2D eigenvalue weighted by Gasteiger charge is -2.09. The number of rotatable bonds is 3. The van der Waals surface area contributed by atoms with Crippen molar-refractivity contribution in [1.82, 2.24) is 4.68 Å². The monoisotopic (exact) mass is 394 g/mol. The van der Waals surface area contributed by atoms with Gasteiger partial charge in [-0.25, -0.2) is 9.98 Å². The third-order valence-corrected chi connectivity index (χ3v) is 5.34. The highest BCUT2D eigenvalue weighted by atomic mass is 32.1. The van der Waals surface area contributed by atoms with E-state index in [2.05, 4.69) is 15.4 Å². The predicted octanol–water partition coefficient (Wildman–Crippen LogP) is 2.93. The summed E-state index contributed by atoms with van der Waals surface area (Å²) in [6, 6.07) is 14.7. The molecule has 0 spiro atoms. The van der Waals surface area contributed by atoms with E-state index < -0.39 is 0 Å². The molecule has 0 fully saturated rings. The smallest absolute Gasteiger partial charge is 0.270 e. The van der Waals surface area contributed by atoms with Gasteiger partial charge in [-0.1, -0.05) is 41.7 Å².